The first-order chi connectivity index (χ1) is 6.75. The van der Waals surface area contributed by atoms with Crippen LogP contribution in [0.3, 0.4) is 0 Å². The second kappa shape index (κ2) is 4.14. The molecule has 1 rings (SSSR count). The minimum absolute atomic E-state index is 0.368. The minimum atomic E-state index is -4.11. The Morgan fingerprint density at radius 3 is 2.40 bits per heavy atom. The summed E-state index contributed by atoms with van der Waals surface area (Å²) in [7, 11) is -4.11. The molecule has 0 aromatic carbocycles. The fraction of sp³-hybridized carbons (Fsp3) is 0.167. The van der Waals surface area contributed by atoms with Gasteiger partial charge in [-0.05, 0) is 22.6 Å². The van der Waals surface area contributed by atoms with Crippen LogP contribution in [0.25, 0.3) is 0 Å². The molecule has 1 aromatic rings. The molecular weight excluding hydrogens is 345 g/mol. The number of nitrogens with two attached hydrogens (primary N) is 1. The SMILES string of the molecule is NS(=O)(=O)c1[nH]cc(C(F)F)c(=O)c1I. The number of primary sulfonamides is 1. The standard InChI is InChI=1S/C6H5F2IN2O3S/c7-5(8)2-1-11-6(15(10,13)14)3(9)4(2)12/h1,5H,(H,11,12)(H2,10,13,14). The van der Waals surface area contributed by atoms with Crippen molar-refractivity contribution < 1.29 is 17.2 Å². The molecule has 0 aliphatic heterocycles. The second-order valence-corrected chi connectivity index (χ2v) is 5.14. The Balaban J connectivity index is 3.56. The van der Waals surface area contributed by atoms with Crippen LogP contribution in [-0.2, 0) is 10.0 Å². The van der Waals surface area contributed by atoms with Crippen LogP contribution in [0, 0.1) is 3.57 Å². The zero-order valence-corrected chi connectivity index (χ0v) is 9.97. The third-order valence-corrected chi connectivity index (χ3v) is 3.83. The maximum atomic E-state index is 12.2. The summed E-state index contributed by atoms with van der Waals surface area (Å²) < 4.78 is 45.9. The van der Waals surface area contributed by atoms with Crippen molar-refractivity contribution in [2.24, 2.45) is 5.14 Å². The van der Waals surface area contributed by atoms with Gasteiger partial charge in [0.25, 0.3) is 16.4 Å². The van der Waals surface area contributed by atoms with Crippen LogP contribution in [0.15, 0.2) is 16.0 Å². The van der Waals surface area contributed by atoms with E-state index in [9.17, 15) is 22.0 Å². The number of sulfonamides is 1. The fourth-order valence-electron chi connectivity index (χ4n) is 0.871. The number of alkyl halides is 2. The molecule has 15 heavy (non-hydrogen) atoms. The molecule has 0 saturated heterocycles. The van der Waals surface area contributed by atoms with Crippen LogP contribution in [0.4, 0.5) is 8.78 Å². The molecule has 3 N–H and O–H groups in total. The maximum absolute atomic E-state index is 12.2. The quantitative estimate of drug-likeness (QED) is 0.764. The lowest BCUT2D eigenvalue weighted by atomic mass is 10.3. The number of aromatic amines is 1. The molecule has 0 unspecified atom stereocenters. The Bertz CT molecular complexity index is 540. The Morgan fingerprint density at radius 2 is 2.00 bits per heavy atom. The molecule has 0 aliphatic rings. The Kier molecular flexibility index (Phi) is 3.45. The lowest BCUT2D eigenvalue weighted by molar-refractivity contribution is 0.149. The van der Waals surface area contributed by atoms with Crippen LogP contribution < -0.4 is 10.6 Å². The summed E-state index contributed by atoms with van der Waals surface area (Å²) in [5, 5.41) is 4.20. The van der Waals surface area contributed by atoms with E-state index in [1.165, 1.54) is 22.6 Å². The number of hydrogen-bond donors (Lipinski definition) is 2. The summed E-state index contributed by atoms with van der Waals surface area (Å²) in [5.74, 6) is 0. The van der Waals surface area contributed by atoms with Gasteiger partial charge in [0.15, 0.2) is 5.03 Å². The number of halogens is 3. The first-order valence-corrected chi connectivity index (χ1v) is 6.09. The molecule has 1 aromatic heterocycles. The van der Waals surface area contributed by atoms with Crippen LogP contribution >= 0.6 is 22.6 Å². The van der Waals surface area contributed by atoms with Crippen LogP contribution in [0.1, 0.15) is 12.0 Å². The number of aromatic nitrogens is 1. The van der Waals surface area contributed by atoms with Crippen LogP contribution in [-0.4, -0.2) is 13.4 Å². The van der Waals surface area contributed by atoms with Gasteiger partial charge in [-0.3, -0.25) is 4.79 Å². The summed E-state index contributed by atoms with van der Waals surface area (Å²) in [5.41, 5.74) is -1.82. The number of rotatable bonds is 2. The van der Waals surface area contributed by atoms with Gasteiger partial charge in [0.1, 0.15) is 0 Å². The summed E-state index contributed by atoms with van der Waals surface area (Å²) in [6.45, 7) is 0. The minimum Gasteiger partial charge on any atom is -0.350 e. The zero-order valence-electron chi connectivity index (χ0n) is 7.00. The highest BCUT2D eigenvalue weighted by Gasteiger charge is 2.21. The molecular formula is C6H5F2IN2O3S. The molecule has 0 fully saturated rings. The number of pyridine rings is 1. The van der Waals surface area contributed by atoms with E-state index < -0.39 is 32.5 Å². The van der Waals surface area contributed by atoms with Crippen molar-refractivity contribution in [1.29, 1.82) is 0 Å². The van der Waals surface area contributed by atoms with Crippen molar-refractivity contribution >= 4 is 32.6 Å². The lowest BCUT2D eigenvalue weighted by Gasteiger charge is -2.04. The van der Waals surface area contributed by atoms with Gasteiger partial charge >= 0.3 is 0 Å². The van der Waals surface area contributed by atoms with E-state index in [0.29, 0.717) is 6.20 Å². The summed E-state index contributed by atoms with van der Waals surface area (Å²) >= 11 is 1.35. The lowest BCUT2D eigenvalue weighted by Crippen LogP contribution is -2.23. The molecule has 9 heteroatoms. The molecule has 0 atom stereocenters. The molecule has 0 radical (unpaired) electrons. The Labute approximate surface area is 96.9 Å². The normalized spacial score (nSPS) is 12.1. The second-order valence-electron chi connectivity index (χ2n) is 2.56. The monoisotopic (exact) mass is 350 g/mol. The maximum Gasteiger partial charge on any atom is 0.269 e. The Hall–Kier alpha value is -0.550. The highest BCUT2D eigenvalue weighted by molar-refractivity contribution is 14.1. The topological polar surface area (TPSA) is 93.0 Å². The number of nitrogens with one attached hydrogen (secondary N) is 1. The van der Waals surface area contributed by atoms with Gasteiger partial charge in [0.2, 0.25) is 5.43 Å². The summed E-state index contributed by atoms with van der Waals surface area (Å²) in [4.78, 5) is 13.3. The van der Waals surface area contributed by atoms with E-state index in [-0.39, 0.29) is 3.57 Å². The average molecular weight is 350 g/mol. The first-order valence-electron chi connectivity index (χ1n) is 3.47. The van der Waals surface area contributed by atoms with E-state index in [2.05, 4.69) is 4.98 Å². The van der Waals surface area contributed by atoms with Gasteiger partial charge < -0.3 is 4.98 Å². The van der Waals surface area contributed by atoms with E-state index in [1.807, 2.05) is 0 Å². The van der Waals surface area contributed by atoms with Gasteiger partial charge in [-0.25, -0.2) is 22.3 Å². The first kappa shape index (κ1) is 12.5. The van der Waals surface area contributed by atoms with Crippen LogP contribution in [0.5, 0.6) is 0 Å². The number of H-pyrrole nitrogens is 1. The van der Waals surface area contributed by atoms with Crippen molar-refractivity contribution in [2.75, 3.05) is 0 Å². The highest BCUT2D eigenvalue weighted by atomic mass is 127. The largest absolute Gasteiger partial charge is 0.350 e. The van der Waals surface area contributed by atoms with Crippen molar-refractivity contribution in [1.82, 2.24) is 4.98 Å². The van der Waals surface area contributed by atoms with Gasteiger partial charge in [-0.15, -0.1) is 0 Å². The van der Waals surface area contributed by atoms with Crippen LogP contribution in [0.2, 0.25) is 0 Å². The van der Waals surface area contributed by atoms with Crippen molar-refractivity contribution in [2.45, 2.75) is 11.5 Å². The molecule has 0 amide bonds. The predicted molar refractivity (Wildman–Crippen MR) is 56.1 cm³/mol. The van der Waals surface area contributed by atoms with Crippen molar-refractivity contribution in [3.05, 3.63) is 25.6 Å². The fourth-order valence-corrected chi connectivity index (χ4v) is 2.82. The third kappa shape index (κ3) is 2.52. The molecule has 0 aliphatic carbocycles. The third-order valence-electron chi connectivity index (χ3n) is 1.54. The molecule has 0 spiro atoms. The van der Waals surface area contributed by atoms with Crippen molar-refractivity contribution in [3.8, 4) is 0 Å². The molecule has 5 nitrogen and oxygen atoms in total. The smallest absolute Gasteiger partial charge is 0.269 e. The van der Waals surface area contributed by atoms with E-state index >= 15 is 0 Å². The number of hydrogen-bond acceptors (Lipinski definition) is 3. The highest BCUT2D eigenvalue weighted by Crippen LogP contribution is 2.17. The summed E-state index contributed by atoms with van der Waals surface area (Å²) in [6, 6.07) is 0. The van der Waals surface area contributed by atoms with Crippen molar-refractivity contribution in [3.63, 3.8) is 0 Å². The molecule has 1 heterocycles. The van der Waals surface area contributed by atoms with Gasteiger partial charge in [0, 0.05) is 6.20 Å². The summed E-state index contributed by atoms with van der Waals surface area (Å²) in [6.07, 6.45) is -2.31. The molecule has 84 valence electrons. The molecule has 0 bridgehead atoms. The average Bonchev–Trinajstić information content (AvgIpc) is 2.06. The molecule has 0 saturated carbocycles. The Morgan fingerprint density at radius 1 is 1.47 bits per heavy atom. The zero-order chi connectivity index (χ0) is 11.8. The van der Waals surface area contributed by atoms with Gasteiger partial charge in [-0.2, -0.15) is 0 Å². The van der Waals surface area contributed by atoms with E-state index in [0.717, 1.165) is 0 Å². The predicted octanol–water partition coefficient (Wildman–Crippen LogP) is 0.565. The van der Waals surface area contributed by atoms with Gasteiger partial charge in [0.05, 0.1) is 9.13 Å². The van der Waals surface area contributed by atoms with E-state index in [4.69, 9.17) is 5.14 Å². The van der Waals surface area contributed by atoms with E-state index in [1.54, 1.807) is 0 Å². The van der Waals surface area contributed by atoms with Gasteiger partial charge in [-0.1, -0.05) is 0 Å².